The summed E-state index contributed by atoms with van der Waals surface area (Å²) in [4.78, 5) is 11.4. The van der Waals surface area contributed by atoms with E-state index in [1.54, 1.807) is 13.8 Å². The van der Waals surface area contributed by atoms with Crippen molar-refractivity contribution in [2.24, 2.45) is 5.41 Å². The van der Waals surface area contributed by atoms with Crippen molar-refractivity contribution in [3.63, 3.8) is 0 Å². The molecule has 0 saturated heterocycles. The molecular formula is C11H23NO3. The Labute approximate surface area is 92.0 Å². The molecule has 0 radical (unpaired) electrons. The fraction of sp³-hybridized carbons (Fsp3) is 0.909. The second-order valence-electron chi connectivity index (χ2n) is 5.03. The van der Waals surface area contributed by atoms with Crippen LogP contribution in [0, 0.1) is 5.41 Å². The van der Waals surface area contributed by atoms with Crippen LogP contribution in [0.2, 0.25) is 0 Å². The van der Waals surface area contributed by atoms with E-state index in [-0.39, 0.29) is 24.2 Å². The van der Waals surface area contributed by atoms with E-state index < -0.39 is 6.09 Å². The monoisotopic (exact) mass is 217 g/mol. The summed E-state index contributed by atoms with van der Waals surface area (Å²) in [5, 5.41) is 11.7. The van der Waals surface area contributed by atoms with Gasteiger partial charge in [-0.3, -0.25) is 0 Å². The summed E-state index contributed by atoms with van der Waals surface area (Å²) in [7, 11) is 0. The second-order valence-corrected chi connectivity index (χ2v) is 5.03. The summed E-state index contributed by atoms with van der Waals surface area (Å²) >= 11 is 0. The first-order valence-electron chi connectivity index (χ1n) is 5.35. The first-order chi connectivity index (χ1) is 6.77. The van der Waals surface area contributed by atoms with E-state index in [4.69, 9.17) is 9.84 Å². The molecule has 0 aromatic rings. The van der Waals surface area contributed by atoms with Gasteiger partial charge in [-0.1, -0.05) is 20.8 Å². The van der Waals surface area contributed by atoms with E-state index in [9.17, 15) is 4.79 Å². The molecule has 0 saturated carbocycles. The summed E-state index contributed by atoms with van der Waals surface area (Å²) < 4.78 is 4.99. The average molecular weight is 217 g/mol. The van der Waals surface area contributed by atoms with Crippen molar-refractivity contribution in [1.29, 1.82) is 0 Å². The number of alkyl carbamates (subject to hydrolysis) is 1. The third kappa shape index (κ3) is 6.33. The van der Waals surface area contributed by atoms with E-state index in [0.29, 0.717) is 6.42 Å². The number of amides is 1. The molecule has 1 atom stereocenters. The van der Waals surface area contributed by atoms with Crippen LogP contribution in [-0.2, 0) is 4.74 Å². The van der Waals surface area contributed by atoms with Crippen molar-refractivity contribution in [3.05, 3.63) is 0 Å². The Morgan fingerprint density at radius 2 is 1.93 bits per heavy atom. The predicted octanol–water partition coefficient (Wildman–Crippen LogP) is 1.92. The molecule has 15 heavy (non-hydrogen) atoms. The molecule has 0 bridgehead atoms. The minimum Gasteiger partial charge on any atom is -0.447 e. The highest BCUT2D eigenvalue weighted by Crippen LogP contribution is 2.21. The molecule has 0 aromatic heterocycles. The largest absolute Gasteiger partial charge is 0.447 e. The van der Waals surface area contributed by atoms with Crippen molar-refractivity contribution in [1.82, 2.24) is 5.32 Å². The molecule has 2 N–H and O–H groups in total. The molecule has 4 nitrogen and oxygen atoms in total. The lowest BCUT2D eigenvalue weighted by molar-refractivity contribution is 0.100. The third-order valence-electron chi connectivity index (χ3n) is 2.10. The molecular weight excluding hydrogens is 194 g/mol. The third-order valence-corrected chi connectivity index (χ3v) is 2.10. The number of ether oxygens (including phenoxy) is 1. The molecule has 0 aliphatic rings. The number of carbonyl (C=O) groups excluding carboxylic acids is 1. The van der Waals surface area contributed by atoms with Crippen molar-refractivity contribution < 1.29 is 14.6 Å². The minimum atomic E-state index is -0.418. The highest BCUT2D eigenvalue weighted by molar-refractivity contribution is 5.67. The molecule has 0 spiro atoms. The van der Waals surface area contributed by atoms with Crippen LogP contribution in [0.5, 0.6) is 0 Å². The summed E-state index contributed by atoms with van der Waals surface area (Å²) in [6.45, 7) is 9.72. The molecule has 0 aromatic carbocycles. The Kier molecular flexibility index (Phi) is 5.65. The van der Waals surface area contributed by atoms with Crippen molar-refractivity contribution in [2.45, 2.75) is 53.2 Å². The molecule has 1 amide bonds. The Hall–Kier alpha value is -0.770. The van der Waals surface area contributed by atoms with E-state index >= 15 is 0 Å². The number of aliphatic hydroxyl groups is 1. The van der Waals surface area contributed by atoms with Crippen LogP contribution in [-0.4, -0.2) is 30.0 Å². The lowest BCUT2D eigenvalue weighted by Crippen LogP contribution is -2.45. The van der Waals surface area contributed by atoms with Gasteiger partial charge in [-0.25, -0.2) is 4.79 Å². The SMILES string of the molecule is CC(C)OC(=O)NC(CCO)C(C)(C)C. The average Bonchev–Trinajstić information content (AvgIpc) is 2.00. The van der Waals surface area contributed by atoms with E-state index in [1.165, 1.54) is 0 Å². The zero-order valence-electron chi connectivity index (χ0n) is 10.3. The highest BCUT2D eigenvalue weighted by atomic mass is 16.6. The van der Waals surface area contributed by atoms with Gasteiger partial charge in [0.2, 0.25) is 0 Å². The molecule has 1 unspecified atom stereocenters. The fourth-order valence-corrected chi connectivity index (χ4v) is 1.24. The quantitative estimate of drug-likeness (QED) is 0.756. The topological polar surface area (TPSA) is 58.6 Å². The zero-order chi connectivity index (χ0) is 12.1. The van der Waals surface area contributed by atoms with Crippen LogP contribution < -0.4 is 5.32 Å². The van der Waals surface area contributed by atoms with Crippen LogP contribution in [0.3, 0.4) is 0 Å². The lowest BCUT2D eigenvalue weighted by Gasteiger charge is -2.30. The first-order valence-corrected chi connectivity index (χ1v) is 5.35. The van der Waals surface area contributed by atoms with Crippen molar-refractivity contribution in [3.8, 4) is 0 Å². The maximum atomic E-state index is 11.4. The number of carbonyl (C=O) groups is 1. The number of hydrogen-bond acceptors (Lipinski definition) is 3. The normalized spacial score (nSPS) is 13.8. The Morgan fingerprint density at radius 1 is 1.40 bits per heavy atom. The van der Waals surface area contributed by atoms with Crippen LogP contribution in [0.15, 0.2) is 0 Å². The fourth-order valence-electron chi connectivity index (χ4n) is 1.24. The summed E-state index contributed by atoms with van der Waals surface area (Å²) in [5.74, 6) is 0. The van der Waals surface area contributed by atoms with Gasteiger partial charge in [-0.2, -0.15) is 0 Å². The number of aliphatic hydroxyl groups excluding tert-OH is 1. The molecule has 90 valence electrons. The van der Waals surface area contributed by atoms with Gasteiger partial charge >= 0.3 is 6.09 Å². The van der Waals surface area contributed by atoms with Gasteiger partial charge in [-0.15, -0.1) is 0 Å². The Morgan fingerprint density at radius 3 is 2.27 bits per heavy atom. The van der Waals surface area contributed by atoms with Crippen LogP contribution in [0.25, 0.3) is 0 Å². The standard InChI is InChI=1S/C11H23NO3/c1-8(2)15-10(14)12-9(6-7-13)11(3,4)5/h8-9,13H,6-7H2,1-5H3,(H,12,14). The lowest BCUT2D eigenvalue weighted by atomic mass is 9.85. The Balaban J connectivity index is 4.23. The van der Waals surface area contributed by atoms with Crippen molar-refractivity contribution in [2.75, 3.05) is 6.61 Å². The first kappa shape index (κ1) is 14.2. The van der Waals surface area contributed by atoms with E-state index in [1.807, 2.05) is 20.8 Å². The number of nitrogens with one attached hydrogen (secondary N) is 1. The smallest absolute Gasteiger partial charge is 0.407 e. The van der Waals surface area contributed by atoms with Gasteiger partial charge in [0, 0.05) is 12.6 Å². The van der Waals surface area contributed by atoms with Crippen LogP contribution >= 0.6 is 0 Å². The van der Waals surface area contributed by atoms with Gasteiger partial charge in [0.05, 0.1) is 6.10 Å². The van der Waals surface area contributed by atoms with Gasteiger partial charge in [0.1, 0.15) is 0 Å². The van der Waals surface area contributed by atoms with Crippen LogP contribution in [0.1, 0.15) is 41.0 Å². The maximum Gasteiger partial charge on any atom is 0.407 e. The Bertz CT molecular complexity index is 196. The van der Waals surface area contributed by atoms with Gasteiger partial charge in [-0.05, 0) is 25.7 Å². The molecule has 0 aliphatic carbocycles. The van der Waals surface area contributed by atoms with Gasteiger partial charge < -0.3 is 15.2 Å². The summed E-state index contributed by atoms with van der Waals surface area (Å²) in [6, 6.07) is -0.0752. The molecule has 4 heteroatoms. The highest BCUT2D eigenvalue weighted by Gasteiger charge is 2.26. The molecule has 0 aliphatic heterocycles. The summed E-state index contributed by atoms with van der Waals surface area (Å²) in [5.41, 5.74) is -0.0846. The minimum absolute atomic E-state index is 0.0594. The number of rotatable bonds is 4. The molecule has 0 fully saturated rings. The van der Waals surface area contributed by atoms with Crippen LogP contribution in [0.4, 0.5) is 4.79 Å². The predicted molar refractivity (Wildman–Crippen MR) is 59.7 cm³/mol. The summed E-state index contributed by atoms with van der Waals surface area (Å²) in [6.07, 6.45) is -0.00502. The maximum absolute atomic E-state index is 11.4. The van der Waals surface area contributed by atoms with Crippen molar-refractivity contribution >= 4 is 6.09 Å². The molecule has 0 heterocycles. The van der Waals surface area contributed by atoms with E-state index in [2.05, 4.69) is 5.32 Å². The zero-order valence-corrected chi connectivity index (χ0v) is 10.3. The second kappa shape index (κ2) is 5.95. The van der Waals surface area contributed by atoms with Gasteiger partial charge in [0.15, 0.2) is 0 Å². The number of hydrogen-bond donors (Lipinski definition) is 2. The van der Waals surface area contributed by atoms with E-state index in [0.717, 1.165) is 0 Å². The van der Waals surface area contributed by atoms with Gasteiger partial charge in [0.25, 0.3) is 0 Å². The molecule has 0 rings (SSSR count).